The first-order chi connectivity index (χ1) is 9.74. The van der Waals surface area contributed by atoms with Gasteiger partial charge in [-0.3, -0.25) is 0 Å². The number of nitrogens with zero attached hydrogens (tertiary/aromatic N) is 3. The van der Waals surface area contributed by atoms with Crippen molar-refractivity contribution in [2.75, 3.05) is 26.7 Å². The van der Waals surface area contributed by atoms with E-state index >= 15 is 0 Å². The van der Waals surface area contributed by atoms with Crippen LogP contribution in [0.2, 0.25) is 0 Å². The maximum Gasteiger partial charge on any atom is 0.218 e. The molecule has 1 aromatic rings. The fourth-order valence-corrected chi connectivity index (χ4v) is 2.25. The second kappa shape index (κ2) is 7.09. The first-order valence-corrected chi connectivity index (χ1v) is 6.93. The van der Waals surface area contributed by atoms with E-state index in [1.165, 1.54) is 0 Å². The summed E-state index contributed by atoms with van der Waals surface area (Å²) in [7, 11) is 1.61. The van der Waals surface area contributed by atoms with Crippen LogP contribution in [0.15, 0.2) is 23.3 Å². The average molecular weight is 278 g/mol. The van der Waals surface area contributed by atoms with Crippen LogP contribution in [0.3, 0.4) is 0 Å². The molecular weight excluding hydrogens is 256 g/mol. The smallest absolute Gasteiger partial charge is 0.218 e. The monoisotopic (exact) mass is 278 g/mol. The number of aliphatic hydroxyl groups is 1. The number of β-amino-alcohol motifs (C(OH)–C–C–N with tert-alkyl or cyclic N) is 1. The van der Waals surface area contributed by atoms with Gasteiger partial charge in [0.1, 0.15) is 0 Å². The highest BCUT2D eigenvalue weighted by atomic mass is 16.5. The number of hydrogen-bond acceptors (Lipinski definition) is 4. The van der Waals surface area contributed by atoms with Crippen molar-refractivity contribution in [1.29, 1.82) is 0 Å². The van der Waals surface area contributed by atoms with Crippen LogP contribution in [-0.2, 0) is 6.54 Å². The van der Waals surface area contributed by atoms with Gasteiger partial charge in [0.25, 0.3) is 0 Å². The molecule has 1 aliphatic heterocycles. The Morgan fingerprint density at radius 2 is 2.50 bits per heavy atom. The minimum atomic E-state index is -0.258. The number of hydrogen-bond donors (Lipinski definition) is 2. The summed E-state index contributed by atoms with van der Waals surface area (Å²) in [6.07, 6.45) is 2.24. The molecule has 0 saturated carbocycles. The van der Waals surface area contributed by atoms with E-state index in [4.69, 9.17) is 4.74 Å². The summed E-state index contributed by atoms with van der Waals surface area (Å²) in [5.74, 6) is 1.43. The van der Waals surface area contributed by atoms with Crippen LogP contribution in [0.4, 0.5) is 0 Å². The van der Waals surface area contributed by atoms with Crippen LogP contribution in [0, 0.1) is 0 Å². The van der Waals surface area contributed by atoms with Crippen molar-refractivity contribution in [2.45, 2.75) is 26.0 Å². The number of aliphatic imine (C=N–C) groups is 1. The van der Waals surface area contributed by atoms with Crippen molar-refractivity contribution in [3.8, 4) is 5.88 Å². The van der Waals surface area contributed by atoms with Gasteiger partial charge in [0.05, 0.1) is 19.8 Å². The van der Waals surface area contributed by atoms with Crippen LogP contribution < -0.4 is 10.1 Å². The zero-order chi connectivity index (χ0) is 14.4. The van der Waals surface area contributed by atoms with E-state index in [-0.39, 0.29) is 6.10 Å². The molecule has 6 heteroatoms. The lowest BCUT2D eigenvalue weighted by atomic mass is 10.3. The van der Waals surface area contributed by atoms with Gasteiger partial charge < -0.3 is 20.1 Å². The molecule has 1 fully saturated rings. The molecule has 0 aliphatic carbocycles. The minimum Gasteiger partial charge on any atom is -0.481 e. The lowest BCUT2D eigenvalue weighted by molar-refractivity contribution is 0.188. The third kappa shape index (κ3) is 3.60. The van der Waals surface area contributed by atoms with E-state index < -0.39 is 0 Å². The first kappa shape index (κ1) is 14.6. The Bertz CT molecular complexity index is 464. The normalized spacial score (nSPS) is 19.2. The van der Waals surface area contributed by atoms with Gasteiger partial charge in [-0.2, -0.15) is 0 Å². The molecule has 20 heavy (non-hydrogen) atoms. The Kier molecular flexibility index (Phi) is 5.17. The molecule has 0 radical (unpaired) electrons. The summed E-state index contributed by atoms with van der Waals surface area (Å²) in [5, 5.41) is 12.9. The number of likely N-dealkylation sites (tertiary alicyclic amines) is 1. The van der Waals surface area contributed by atoms with E-state index in [1.54, 1.807) is 13.3 Å². The van der Waals surface area contributed by atoms with Gasteiger partial charge in [0.2, 0.25) is 5.88 Å². The fraction of sp³-hybridized carbons (Fsp3) is 0.571. The van der Waals surface area contributed by atoms with Crippen LogP contribution in [-0.4, -0.2) is 53.8 Å². The quantitative estimate of drug-likeness (QED) is 0.624. The fourth-order valence-electron chi connectivity index (χ4n) is 2.25. The Morgan fingerprint density at radius 1 is 1.65 bits per heavy atom. The molecule has 1 aliphatic rings. The first-order valence-electron chi connectivity index (χ1n) is 6.93. The lowest BCUT2D eigenvalue weighted by Gasteiger charge is -2.21. The summed E-state index contributed by atoms with van der Waals surface area (Å²) in [6.45, 7) is 4.81. The number of rotatable bonds is 4. The predicted octanol–water partition coefficient (Wildman–Crippen LogP) is 0.622. The van der Waals surface area contributed by atoms with Crippen molar-refractivity contribution in [3.63, 3.8) is 0 Å². The second-order valence-electron chi connectivity index (χ2n) is 4.73. The number of methoxy groups -OCH3 is 1. The maximum absolute atomic E-state index is 9.63. The highest BCUT2D eigenvalue weighted by Gasteiger charge is 2.22. The third-order valence-corrected chi connectivity index (χ3v) is 3.24. The number of guanidine groups is 1. The van der Waals surface area contributed by atoms with E-state index in [0.29, 0.717) is 19.0 Å². The van der Waals surface area contributed by atoms with Gasteiger partial charge in [0, 0.05) is 31.4 Å². The van der Waals surface area contributed by atoms with E-state index in [9.17, 15) is 5.11 Å². The van der Waals surface area contributed by atoms with Crippen molar-refractivity contribution in [3.05, 3.63) is 23.9 Å². The van der Waals surface area contributed by atoms with Crippen LogP contribution in [0.5, 0.6) is 5.88 Å². The minimum absolute atomic E-state index is 0.258. The predicted molar refractivity (Wildman–Crippen MR) is 77.8 cm³/mol. The molecule has 1 aromatic heterocycles. The Hall–Kier alpha value is -1.82. The standard InChI is InChI=1S/C14H22N4O2/c1-3-15-14(18-8-6-12(19)10-18)17-9-11-5-4-7-16-13(11)20-2/h4-5,7,12,19H,3,6,8-10H2,1-2H3,(H,15,17)/t12-/m1/s1. The topological polar surface area (TPSA) is 70.0 Å². The van der Waals surface area contributed by atoms with Gasteiger partial charge in [-0.05, 0) is 19.4 Å². The Morgan fingerprint density at radius 3 is 3.15 bits per heavy atom. The third-order valence-electron chi connectivity index (χ3n) is 3.24. The molecule has 1 saturated heterocycles. The maximum atomic E-state index is 9.63. The molecule has 2 heterocycles. The number of nitrogens with one attached hydrogen (secondary N) is 1. The number of pyridine rings is 1. The van der Waals surface area contributed by atoms with E-state index in [2.05, 4.69) is 20.2 Å². The van der Waals surface area contributed by atoms with Gasteiger partial charge in [-0.25, -0.2) is 9.98 Å². The highest BCUT2D eigenvalue weighted by Crippen LogP contribution is 2.15. The highest BCUT2D eigenvalue weighted by molar-refractivity contribution is 5.80. The SMILES string of the molecule is CCNC(=NCc1cccnc1OC)N1CC[C@@H](O)C1. The average Bonchev–Trinajstić information content (AvgIpc) is 2.90. The summed E-state index contributed by atoms with van der Waals surface area (Å²) in [5.41, 5.74) is 0.949. The molecular formula is C14H22N4O2. The van der Waals surface area contributed by atoms with Crippen molar-refractivity contribution in [2.24, 2.45) is 4.99 Å². The summed E-state index contributed by atoms with van der Waals surface area (Å²) >= 11 is 0. The van der Waals surface area contributed by atoms with Gasteiger partial charge >= 0.3 is 0 Å². The summed E-state index contributed by atoms with van der Waals surface area (Å²) < 4.78 is 5.23. The molecule has 0 unspecified atom stereocenters. The lowest BCUT2D eigenvalue weighted by Crippen LogP contribution is -2.40. The van der Waals surface area contributed by atoms with Crippen molar-refractivity contribution in [1.82, 2.24) is 15.2 Å². The van der Waals surface area contributed by atoms with Gasteiger partial charge in [-0.15, -0.1) is 0 Å². The molecule has 6 nitrogen and oxygen atoms in total. The van der Waals surface area contributed by atoms with Crippen LogP contribution >= 0.6 is 0 Å². The summed E-state index contributed by atoms with van der Waals surface area (Å²) in [6, 6.07) is 3.83. The van der Waals surface area contributed by atoms with Crippen LogP contribution in [0.25, 0.3) is 0 Å². The molecule has 2 N–H and O–H groups in total. The Balaban J connectivity index is 2.09. The van der Waals surface area contributed by atoms with Crippen LogP contribution in [0.1, 0.15) is 18.9 Å². The zero-order valence-corrected chi connectivity index (χ0v) is 12.0. The summed E-state index contributed by atoms with van der Waals surface area (Å²) in [4.78, 5) is 10.9. The second-order valence-corrected chi connectivity index (χ2v) is 4.73. The van der Waals surface area contributed by atoms with Gasteiger partial charge in [0.15, 0.2) is 5.96 Å². The van der Waals surface area contributed by atoms with Crippen molar-refractivity contribution >= 4 is 5.96 Å². The largest absolute Gasteiger partial charge is 0.481 e. The molecule has 1 atom stereocenters. The zero-order valence-electron chi connectivity index (χ0n) is 12.0. The number of ether oxygens (including phenoxy) is 1. The van der Waals surface area contributed by atoms with Gasteiger partial charge in [-0.1, -0.05) is 6.07 Å². The van der Waals surface area contributed by atoms with Crippen molar-refractivity contribution < 1.29 is 9.84 Å². The molecule has 110 valence electrons. The Labute approximate surface area is 119 Å². The number of aromatic nitrogens is 1. The van der Waals surface area contributed by atoms with E-state index in [1.807, 2.05) is 19.1 Å². The number of aliphatic hydroxyl groups excluding tert-OH is 1. The molecule has 0 spiro atoms. The molecule has 0 amide bonds. The van der Waals surface area contributed by atoms with E-state index in [0.717, 1.165) is 31.0 Å². The molecule has 0 aromatic carbocycles. The molecule has 2 rings (SSSR count). The molecule has 0 bridgehead atoms.